The molecule has 1 aromatic carbocycles. The fourth-order valence-corrected chi connectivity index (χ4v) is 2.22. The van der Waals surface area contributed by atoms with E-state index in [0.717, 1.165) is 5.46 Å². The number of hydrogen-bond acceptors (Lipinski definition) is 4. The van der Waals surface area contributed by atoms with Crippen LogP contribution in [0.25, 0.3) is 0 Å². The molecule has 0 unspecified atom stereocenters. The van der Waals surface area contributed by atoms with Gasteiger partial charge in [0.1, 0.15) is 11.6 Å². The lowest BCUT2D eigenvalue weighted by molar-refractivity contribution is 0.00578. The van der Waals surface area contributed by atoms with E-state index in [1.165, 1.54) is 12.1 Å². The van der Waals surface area contributed by atoms with Crippen molar-refractivity contribution in [2.24, 2.45) is 0 Å². The Kier molecular flexibility index (Phi) is 3.90. The summed E-state index contributed by atoms with van der Waals surface area (Å²) in [7, 11) is -0.462. The van der Waals surface area contributed by atoms with Crippen molar-refractivity contribution in [3.8, 4) is 11.6 Å². The summed E-state index contributed by atoms with van der Waals surface area (Å²) >= 11 is 0. The Balaban J connectivity index is 1.73. The van der Waals surface area contributed by atoms with Gasteiger partial charge in [0.05, 0.1) is 11.2 Å². The lowest BCUT2D eigenvalue weighted by Crippen LogP contribution is -2.41. The van der Waals surface area contributed by atoms with Crippen molar-refractivity contribution >= 4 is 12.6 Å². The van der Waals surface area contributed by atoms with Crippen LogP contribution in [0.1, 0.15) is 27.7 Å². The molecule has 0 aliphatic carbocycles. The van der Waals surface area contributed by atoms with Crippen LogP contribution in [-0.4, -0.2) is 23.3 Å². The Labute approximate surface area is 135 Å². The lowest BCUT2D eigenvalue weighted by Gasteiger charge is -2.32. The quantitative estimate of drug-likeness (QED) is 0.815. The van der Waals surface area contributed by atoms with Gasteiger partial charge in [-0.15, -0.1) is 0 Å². The van der Waals surface area contributed by atoms with Gasteiger partial charge in [0, 0.05) is 23.8 Å². The summed E-state index contributed by atoms with van der Waals surface area (Å²) in [4.78, 5) is 4.24. The molecule has 4 nitrogen and oxygen atoms in total. The van der Waals surface area contributed by atoms with E-state index in [1.54, 1.807) is 24.4 Å². The average Bonchev–Trinajstić information content (AvgIpc) is 2.68. The van der Waals surface area contributed by atoms with Crippen molar-refractivity contribution in [1.82, 2.24) is 4.98 Å². The van der Waals surface area contributed by atoms with Crippen molar-refractivity contribution < 1.29 is 18.4 Å². The number of ether oxygens (including phenoxy) is 1. The molecule has 1 aliphatic rings. The SMILES string of the molecule is CC1(C)OB(c2ccc(Oc3cccc(F)c3)nc2)OC1(C)C. The second-order valence-corrected chi connectivity index (χ2v) is 6.58. The average molecular weight is 315 g/mol. The zero-order valence-electron chi connectivity index (χ0n) is 13.7. The maximum Gasteiger partial charge on any atom is 0.496 e. The smallest absolute Gasteiger partial charge is 0.439 e. The standard InChI is InChI=1S/C17H19BFNO3/c1-16(2)17(3,4)23-18(22-16)12-8-9-15(20-11-12)21-14-7-5-6-13(19)10-14/h5-11H,1-4H3. The summed E-state index contributed by atoms with van der Waals surface area (Å²) < 4.78 is 30.6. The van der Waals surface area contributed by atoms with Gasteiger partial charge >= 0.3 is 7.12 Å². The summed E-state index contributed by atoms with van der Waals surface area (Å²) in [6.07, 6.45) is 1.65. The Hall–Kier alpha value is -1.92. The van der Waals surface area contributed by atoms with E-state index in [1.807, 2.05) is 33.8 Å². The third-order valence-electron chi connectivity index (χ3n) is 4.30. The number of pyridine rings is 1. The van der Waals surface area contributed by atoms with Gasteiger partial charge in [0.15, 0.2) is 0 Å². The van der Waals surface area contributed by atoms with E-state index in [9.17, 15) is 4.39 Å². The summed E-state index contributed by atoms with van der Waals surface area (Å²) in [5.41, 5.74) is 0.0262. The van der Waals surface area contributed by atoms with Gasteiger partial charge in [-0.1, -0.05) is 12.1 Å². The van der Waals surface area contributed by atoms with Crippen LogP contribution in [0.15, 0.2) is 42.6 Å². The van der Waals surface area contributed by atoms with Crippen LogP contribution in [0.2, 0.25) is 0 Å². The minimum absolute atomic E-state index is 0.351. The molecule has 1 fully saturated rings. The van der Waals surface area contributed by atoms with Crippen molar-refractivity contribution in [2.45, 2.75) is 38.9 Å². The van der Waals surface area contributed by atoms with Gasteiger partial charge < -0.3 is 14.0 Å². The maximum absolute atomic E-state index is 13.2. The van der Waals surface area contributed by atoms with Crippen LogP contribution in [0.3, 0.4) is 0 Å². The van der Waals surface area contributed by atoms with Gasteiger partial charge in [-0.25, -0.2) is 9.37 Å². The summed E-state index contributed by atoms with van der Waals surface area (Å²) in [5, 5.41) is 0. The molecule has 6 heteroatoms. The molecule has 0 amide bonds. The molecule has 23 heavy (non-hydrogen) atoms. The molecule has 0 bridgehead atoms. The first kappa shape index (κ1) is 16.0. The molecule has 0 N–H and O–H groups in total. The molecule has 0 spiro atoms. The van der Waals surface area contributed by atoms with Crippen LogP contribution in [0.4, 0.5) is 4.39 Å². The van der Waals surface area contributed by atoms with E-state index >= 15 is 0 Å². The second-order valence-electron chi connectivity index (χ2n) is 6.58. The fraction of sp³-hybridized carbons (Fsp3) is 0.353. The van der Waals surface area contributed by atoms with E-state index in [2.05, 4.69) is 4.98 Å². The first-order chi connectivity index (χ1) is 10.8. The topological polar surface area (TPSA) is 40.6 Å². The Morgan fingerprint density at radius 2 is 1.74 bits per heavy atom. The van der Waals surface area contributed by atoms with Crippen molar-refractivity contribution in [3.05, 3.63) is 48.4 Å². The Morgan fingerprint density at radius 1 is 1.04 bits per heavy atom. The lowest BCUT2D eigenvalue weighted by atomic mass is 9.80. The highest BCUT2D eigenvalue weighted by Gasteiger charge is 2.51. The highest BCUT2D eigenvalue weighted by Crippen LogP contribution is 2.36. The largest absolute Gasteiger partial charge is 0.496 e. The minimum Gasteiger partial charge on any atom is -0.439 e. The van der Waals surface area contributed by atoms with Crippen LogP contribution in [0.5, 0.6) is 11.6 Å². The molecule has 3 rings (SSSR count). The van der Waals surface area contributed by atoms with Crippen LogP contribution in [-0.2, 0) is 9.31 Å². The monoisotopic (exact) mass is 315 g/mol. The van der Waals surface area contributed by atoms with Gasteiger partial charge in [0.2, 0.25) is 5.88 Å². The molecule has 0 radical (unpaired) electrons. The first-order valence-electron chi connectivity index (χ1n) is 7.52. The fourth-order valence-electron chi connectivity index (χ4n) is 2.22. The molecule has 2 heterocycles. The number of benzene rings is 1. The molecular weight excluding hydrogens is 296 g/mol. The molecule has 1 saturated heterocycles. The predicted octanol–water partition coefficient (Wildman–Crippen LogP) is 3.31. The van der Waals surface area contributed by atoms with Crippen LogP contribution >= 0.6 is 0 Å². The second kappa shape index (κ2) is 5.62. The number of rotatable bonds is 3. The molecule has 0 atom stereocenters. The van der Waals surface area contributed by atoms with Crippen molar-refractivity contribution in [1.29, 1.82) is 0 Å². The number of nitrogens with zero attached hydrogens (tertiary/aromatic N) is 1. The van der Waals surface area contributed by atoms with E-state index < -0.39 is 18.3 Å². The maximum atomic E-state index is 13.2. The first-order valence-corrected chi connectivity index (χ1v) is 7.52. The van der Waals surface area contributed by atoms with Gasteiger partial charge in [-0.2, -0.15) is 0 Å². The molecular formula is C17H19BFNO3. The summed E-state index contributed by atoms with van der Waals surface area (Å²) in [6.45, 7) is 8.01. The highest BCUT2D eigenvalue weighted by atomic mass is 19.1. The van der Waals surface area contributed by atoms with E-state index in [4.69, 9.17) is 14.0 Å². The number of aromatic nitrogens is 1. The van der Waals surface area contributed by atoms with Gasteiger partial charge in [0.25, 0.3) is 0 Å². The minimum atomic E-state index is -0.462. The predicted molar refractivity (Wildman–Crippen MR) is 86.4 cm³/mol. The molecule has 1 aliphatic heterocycles. The molecule has 0 saturated carbocycles. The zero-order chi connectivity index (χ0) is 16.7. The molecule has 2 aromatic rings. The zero-order valence-corrected chi connectivity index (χ0v) is 13.7. The third kappa shape index (κ3) is 3.23. The third-order valence-corrected chi connectivity index (χ3v) is 4.30. The molecule has 120 valence electrons. The van der Waals surface area contributed by atoms with Gasteiger partial charge in [-0.05, 0) is 39.8 Å². The van der Waals surface area contributed by atoms with Crippen molar-refractivity contribution in [3.63, 3.8) is 0 Å². The summed E-state index contributed by atoms with van der Waals surface area (Å²) in [6, 6.07) is 9.48. The number of halogens is 1. The van der Waals surface area contributed by atoms with Crippen LogP contribution in [0, 0.1) is 5.82 Å². The highest BCUT2D eigenvalue weighted by molar-refractivity contribution is 6.62. The van der Waals surface area contributed by atoms with E-state index in [0.29, 0.717) is 11.6 Å². The normalized spacial score (nSPS) is 18.9. The van der Waals surface area contributed by atoms with Crippen molar-refractivity contribution in [2.75, 3.05) is 0 Å². The number of hydrogen-bond donors (Lipinski definition) is 0. The Bertz CT molecular complexity index is 687. The Morgan fingerprint density at radius 3 is 2.30 bits per heavy atom. The van der Waals surface area contributed by atoms with E-state index in [-0.39, 0.29) is 5.82 Å². The van der Waals surface area contributed by atoms with Gasteiger partial charge in [-0.3, -0.25) is 0 Å². The van der Waals surface area contributed by atoms with Crippen LogP contribution < -0.4 is 10.2 Å². The summed E-state index contributed by atoms with van der Waals surface area (Å²) in [5.74, 6) is 0.438. The molecule has 1 aromatic heterocycles.